The number of benzene rings is 1. The van der Waals surface area contributed by atoms with Crippen LogP contribution in [0.3, 0.4) is 0 Å². The summed E-state index contributed by atoms with van der Waals surface area (Å²) in [7, 11) is 0. The predicted molar refractivity (Wildman–Crippen MR) is 69.4 cm³/mol. The van der Waals surface area contributed by atoms with Crippen LogP contribution in [0.1, 0.15) is 5.56 Å². The van der Waals surface area contributed by atoms with E-state index >= 15 is 0 Å². The molecule has 7 nitrogen and oxygen atoms in total. The van der Waals surface area contributed by atoms with Gasteiger partial charge in [0.1, 0.15) is 19.5 Å². The van der Waals surface area contributed by atoms with Crippen LogP contribution < -0.4 is 5.32 Å². The Kier molecular flexibility index (Phi) is 4.71. The molecular weight excluding hydrogens is 303 g/mol. The zero-order valence-corrected chi connectivity index (χ0v) is 11.5. The number of carbonyl (C=O) groups is 1. The van der Waals surface area contributed by atoms with E-state index in [0.717, 1.165) is 5.56 Å². The largest absolute Gasteiger partial charge is 0.411 e. The number of rotatable bonds is 5. The highest BCUT2D eigenvalue weighted by Crippen LogP contribution is 2.18. The Labute approximate surface area is 123 Å². The van der Waals surface area contributed by atoms with Gasteiger partial charge in [0.05, 0.1) is 5.69 Å². The van der Waals surface area contributed by atoms with Crippen LogP contribution in [-0.4, -0.2) is 45.5 Å². The van der Waals surface area contributed by atoms with E-state index in [2.05, 4.69) is 25.6 Å². The molecule has 0 saturated heterocycles. The number of aromatic nitrogens is 4. The number of halogens is 3. The van der Waals surface area contributed by atoms with Crippen LogP contribution in [0.5, 0.6) is 0 Å². The van der Waals surface area contributed by atoms with Crippen LogP contribution in [0.25, 0.3) is 5.69 Å². The summed E-state index contributed by atoms with van der Waals surface area (Å²) in [5, 5.41) is 13.2. The van der Waals surface area contributed by atoms with Gasteiger partial charge < -0.3 is 10.1 Å². The van der Waals surface area contributed by atoms with Crippen LogP contribution in [0.2, 0.25) is 0 Å². The molecule has 22 heavy (non-hydrogen) atoms. The van der Waals surface area contributed by atoms with Crippen LogP contribution >= 0.6 is 0 Å². The zero-order chi connectivity index (χ0) is 16.2. The first-order chi connectivity index (χ1) is 10.3. The van der Waals surface area contributed by atoms with Gasteiger partial charge in [0, 0.05) is 5.69 Å². The molecule has 0 aliphatic rings. The summed E-state index contributed by atoms with van der Waals surface area (Å²) >= 11 is 0. The van der Waals surface area contributed by atoms with Crippen molar-refractivity contribution in [3.8, 4) is 5.69 Å². The van der Waals surface area contributed by atoms with E-state index in [1.165, 1.54) is 11.0 Å². The van der Waals surface area contributed by atoms with Crippen molar-refractivity contribution >= 4 is 11.6 Å². The Morgan fingerprint density at radius 2 is 2.18 bits per heavy atom. The molecule has 0 aliphatic carbocycles. The topological polar surface area (TPSA) is 81.9 Å². The minimum absolute atomic E-state index is 0.400. The van der Waals surface area contributed by atoms with Gasteiger partial charge in [0.25, 0.3) is 0 Å². The molecule has 1 amide bonds. The van der Waals surface area contributed by atoms with Gasteiger partial charge in [-0.15, -0.1) is 5.10 Å². The fourth-order valence-corrected chi connectivity index (χ4v) is 1.66. The number of hydrogen-bond donors (Lipinski definition) is 1. The quantitative estimate of drug-likeness (QED) is 0.904. The molecule has 0 unspecified atom stereocenters. The summed E-state index contributed by atoms with van der Waals surface area (Å²) in [5.74, 6) is -0.684. The van der Waals surface area contributed by atoms with E-state index in [-0.39, 0.29) is 0 Å². The Balaban J connectivity index is 1.99. The molecular formula is C12H12F3N5O2. The van der Waals surface area contributed by atoms with Crippen molar-refractivity contribution < 1.29 is 22.7 Å². The summed E-state index contributed by atoms with van der Waals surface area (Å²) in [6, 6.07) is 4.95. The van der Waals surface area contributed by atoms with Crippen LogP contribution in [0.4, 0.5) is 18.9 Å². The van der Waals surface area contributed by atoms with Crippen LogP contribution in [0, 0.1) is 6.92 Å². The first-order valence-electron chi connectivity index (χ1n) is 6.13. The lowest BCUT2D eigenvalue weighted by atomic mass is 10.2. The summed E-state index contributed by atoms with van der Waals surface area (Å²) in [5.41, 5.74) is 1.90. The lowest BCUT2D eigenvalue weighted by Gasteiger charge is -2.10. The highest BCUT2D eigenvalue weighted by atomic mass is 19.4. The third-order valence-electron chi connectivity index (χ3n) is 2.59. The van der Waals surface area contributed by atoms with Gasteiger partial charge in [0.15, 0.2) is 0 Å². The van der Waals surface area contributed by atoms with Crippen molar-refractivity contribution in [2.24, 2.45) is 0 Å². The van der Waals surface area contributed by atoms with Gasteiger partial charge in [-0.05, 0) is 35.0 Å². The van der Waals surface area contributed by atoms with Gasteiger partial charge in [0.2, 0.25) is 5.91 Å². The van der Waals surface area contributed by atoms with Gasteiger partial charge in [-0.3, -0.25) is 4.79 Å². The average molecular weight is 315 g/mol. The lowest BCUT2D eigenvalue weighted by Crippen LogP contribution is -2.24. The van der Waals surface area contributed by atoms with E-state index in [1.54, 1.807) is 18.2 Å². The summed E-state index contributed by atoms with van der Waals surface area (Å²) in [6.07, 6.45) is -3.07. The van der Waals surface area contributed by atoms with Crippen molar-refractivity contribution in [1.29, 1.82) is 0 Å². The number of hydrogen-bond acceptors (Lipinski definition) is 5. The van der Waals surface area contributed by atoms with Crippen molar-refractivity contribution in [2.75, 3.05) is 18.5 Å². The summed E-state index contributed by atoms with van der Waals surface area (Å²) in [4.78, 5) is 11.5. The van der Waals surface area contributed by atoms with E-state index in [1.807, 2.05) is 6.92 Å². The molecule has 1 N–H and O–H groups in total. The van der Waals surface area contributed by atoms with Gasteiger partial charge >= 0.3 is 6.18 Å². The maximum Gasteiger partial charge on any atom is 0.411 e. The molecule has 0 spiro atoms. The third-order valence-corrected chi connectivity index (χ3v) is 2.59. The smallest absolute Gasteiger partial charge is 0.362 e. The molecule has 2 rings (SSSR count). The first-order valence-corrected chi connectivity index (χ1v) is 6.13. The Hall–Kier alpha value is -2.49. The molecule has 118 valence electrons. The Morgan fingerprint density at radius 3 is 2.82 bits per heavy atom. The number of amides is 1. The maximum atomic E-state index is 11.9. The standard InChI is InChI=1S/C12H12F3N5O2/c1-8-2-3-9(4-10(8)20-7-16-18-19-20)17-11(21)5-22-6-12(13,14)15/h2-4,7H,5-6H2,1H3,(H,17,21). The Morgan fingerprint density at radius 1 is 1.41 bits per heavy atom. The summed E-state index contributed by atoms with van der Waals surface area (Å²) < 4.78 is 41.4. The second kappa shape index (κ2) is 6.52. The van der Waals surface area contributed by atoms with E-state index in [4.69, 9.17) is 0 Å². The van der Waals surface area contributed by atoms with Crippen LogP contribution in [0.15, 0.2) is 24.5 Å². The molecule has 0 radical (unpaired) electrons. The van der Waals surface area contributed by atoms with Crippen molar-refractivity contribution in [3.05, 3.63) is 30.1 Å². The third kappa shape index (κ3) is 4.52. The molecule has 0 fully saturated rings. The number of nitrogens with zero attached hydrogens (tertiary/aromatic N) is 4. The highest BCUT2D eigenvalue weighted by molar-refractivity contribution is 5.92. The molecule has 10 heteroatoms. The molecule has 0 bridgehead atoms. The molecule has 1 aromatic carbocycles. The number of ether oxygens (including phenoxy) is 1. The monoisotopic (exact) mass is 315 g/mol. The van der Waals surface area contributed by atoms with Gasteiger partial charge in [-0.1, -0.05) is 6.07 Å². The molecule has 2 aromatic rings. The number of alkyl halides is 3. The molecule has 1 aromatic heterocycles. The minimum atomic E-state index is -4.46. The second-order valence-electron chi connectivity index (χ2n) is 4.41. The minimum Gasteiger partial charge on any atom is -0.362 e. The van der Waals surface area contributed by atoms with Gasteiger partial charge in [-0.25, -0.2) is 4.68 Å². The molecule has 0 saturated carbocycles. The average Bonchev–Trinajstić information content (AvgIpc) is 2.93. The number of carbonyl (C=O) groups excluding carboxylic acids is 1. The normalized spacial score (nSPS) is 11.5. The number of anilines is 1. The summed E-state index contributed by atoms with van der Waals surface area (Å²) in [6.45, 7) is -0.327. The number of tetrazole rings is 1. The van der Waals surface area contributed by atoms with Crippen molar-refractivity contribution in [2.45, 2.75) is 13.1 Å². The predicted octanol–water partition coefficient (Wildman–Crippen LogP) is 1.49. The molecule has 0 atom stereocenters. The maximum absolute atomic E-state index is 11.9. The Bertz CT molecular complexity index is 643. The lowest BCUT2D eigenvalue weighted by molar-refractivity contribution is -0.174. The van der Waals surface area contributed by atoms with E-state index in [9.17, 15) is 18.0 Å². The number of nitrogens with one attached hydrogen (secondary N) is 1. The zero-order valence-electron chi connectivity index (χ0n) is 11.5. The fraction of sp³-hybridized carbons (Fsp3) is 0.333. The van der Waals surface area contributed by atoms with E-state index < -0.39 is 25.3 Å². The number of aryl methyl sites for hydroxylation is 1. The highest BCUT2D eigenvalue weighted by Gasteiger charge is 2.27. The van der Waals surface area contributed by atoms with Gasteiger partial charge in [-0.2, -0.15) is 13.2 Å². The van der Waals surface area contributed by atoms with Crippen LogP contribution in [-0.2, 0) is 9.53 Å². The molecule has 1 heterocycles. The second-order valence-corrected chi connectivity index (χ2v) is 4.41. The fourth-order valence-electron chi connectivity index (χ4n) is 1.66. The SMILES string of the molecule is Cc1ccc(NC(=O)COCC(F)(F)F)cc1-n1cnnn1. The van der Waals surface area contributed by atoms with Crippen molar-refractivity contribution in [1.82, 2.24) is 20.2 Å². The van der Waals surface area contributed by atoms with Crippen molar-refractivity contribution in [3.63, 3.8) is 0 Å². The molecule has 0 aliphatic heterocycles. The first kappa shape index (κ1) is 15.9. The van der Waals surface area contributed by atoms with E-state index in [0.29, 0.717) is 11.4 Å².